The van der Waals surface area contributed by atoms with Crippen molar-refractivity contribution < 1.29 is 19.1 Å². The Labute approximate surface area is 277 Å². The molecular weight excluding hydrogens is 568 g/mol. The van der Waals surface area contributed by atoms with Crippen molar-refractivity contribution in [3.8, 4) is 0 Å². The zero-order valence-corrected chi connectivity index (χ0v) is 29.6. The van der Waals surface area contributed by atoms with Crippen LogP contribution in [-0.4, -0.2) is 30.5 Å². The van der Waals surface area contributed by atoms with Crippen molar-refractivity contribution in [2.45, 2.75) is 187 Å². The van der Waals surface area contributed by atoms with Gasteiger partial charge in [0, 0.05) is 12.8 Å². The van der Waals surface area contributed by atoms with Crippen molar-refractivity contribution in [2.24, 2.45) is 0 Å². The third-order valence-electron chi connectivity index (χ3n) is 7.87. The van der Waals surface area contributed by atoms with Crippen LogP contribution in [0.4, 0.5) is 0 Å². The first-order valence-corrected chi connectivity index (χ1v) is 19.0. The summed E-state index contributed by atoms with van der Waals surface area (Å²) >= 11 is 5.96. The predicted molar refractivity (Wildman–Crippen MR) is 190 cm³/mol. The number of hydrogen-bond acceptors (Lipinski definition) is 4. The van der Waals surface area contributed by atoms with Crippen molar-refractivity contribution in [2.75, 3.05) is 12.5 Å². The second-order valence-electron chi connectivity index (χ2n) is 12.3. The number of alkyl halides is 1. The molecule has 0 unspecified atom stereocenters. The number of hydrogen-bond donors (Lipinski definition) is 0. The molecule has 0 aromatic carbocycles. The largest absolute Gasteiger partial charge is 0.462 e. The fourth-order valence-corrected chi connectivity index (χ4v) is 5.19. The number of unbranched alkanes of at least 4 members (excludes halogenated alkanes) is 19. The number of esters is 2. The van der Waals surface area contributed by atoms with Gasteiger partial charge in [-0.1, -0.05) is 134 Å². The Morgan fingerprint density at radius 2 is 0.909 bits per heavy atom. The monoisotopic (exact) mass is 636 g/mol. The quantitative estimate of drug-likeness (QED) is 0.0311. The van der Waals surface area contributed by atoms with Gasteiger partial charge in [0.05, 0.1) is 5.88 Å². The Hall–Kier alpha value is -1.55. The van der Waals surface area contributed by atoms with Crippen LogP contribution in [0.1, 0.15) is 181 Å². The molecule has 0 rings (SSSR count). The molecule has 0 aliphatic heterocycles. The summed E-state index contributed by atoms with van der Waals surface area (Å²) < 4.78 is 10.8. The Kier molecular flexibility index (Phi) is 34.7. The van der Waals surface area contributed by atoms with Crippen LogP contribution in [0.15, 0.2) is 36.5 Å². The lowest BCUT2D eigenvalue weighted by molar-refractivity contribution is -0.157. The van der Waals surface area contributed by atoms with E-state index in [-0.39, 0.29) is 24.4 Å². The average Bonchev–Trinajstić information content (AvgIpc) is 3.02. The van der Waals surface area contributed by atoms with Gasteiger partial charge in [0.1, 0.15) is 12.7 Å². The van der Waals surface area contributed by atoms with Gasteiger partial charge in [0.2, 0.25) is 0 Å². The molecule has 0 spiro atoms. The fourth-order valence-electron chi connectivity index (χ4n) is 5.03. The molecule has 0 fully saturated rings. The average molecular weight is 637 g/mol. The van der Waals surface area contributed by atoms with E-state index in [9.17, 15) is 9.59 Å². The van der Waals surface area contributed by atoms with Crippen molar-refractivity contribution in [3.05, 3.63) is 36.5 Å². The first kappa shape index (κ1) is 42.5. The summed E-state index contributed by atoms with van der Waals surface area (Å²) in [5.41, 5.74) is 0. The molecular formula is C39H69ClO4. The molecule has 0 saturated carbocycles. The lowest BCUT2D eigenvalue weighted by atomic mass is 10.1. The number of rotatable bonds is 33. The molecule has 0 bridgehead atoms. The van der Waals surface area contributed by atoms with E-state index in [1.54, 1.807) is 0 Å². The first-order valence-electron chi connectivity index (χ1n) is 18.5. The summed E-state index contributed by atoms with van der Waals surface area (Å²) in [5.74, 6) is -0.355. The Balaban J connectivity index is 3.61. The molecule has 5 heteroatoms. The van der Waals surface area contributed by atoms with Gasteiger partial charge in [0.15, 0.2) is 0 Å². The molecule has 44 heavy (non-hydrogen) atoms. The van der Waals surface area contributed by atoms with Crippen LogP contribution in [0, 0.1) is 0 Å². The van der Waals surface area contributed by atoms with E-state index in [1.165, 1.54) is 96.3 Å². The zero-order chi connectivity index (χ0) is 32.2. The highest BCUT2D eigenvalue weighted by molar-refractivity contribution is 6.18. The van der Waals surface area contributed by atoms with Gasteiger partial charge in [0.25, 0.3) is 0 Å². The van der Waals surface area contributed by atoms with Crippen LogP contribution in [0.2, 0.25) is 0 Å². The minimum absolute atomic E-state index is 0.0430. The summed E-state index contributed by atoms with van der Waals surface area (Å²) in [6, 6.07) is 0. The Morgan fingerprint density at radius 3 is 1.41 bits per heavy atom. The standard InChI is InChI=1S/C39H69ClO4/c1-3-5-7-9-11-13-15-17-19-21-23-25-27-29-31-33-38(41)43-36-37(35-40)44-39(42)34-32-30-28-26-24-22-20-18-16-14-12-10-8-6-4-2/h12,14,17-20,37H,3-11,13,15-16,21-36H2,1-2H3/b14-12-,19-17-,20-18-/t37-/m1/s1. The zero-order valence-electron chi connectivity index (χ0n) is 28.9. The van der Waals surface area contributed by atoms with Gasteiger partial charge in [-0.2, -0.15) is 0 Å². The van der Waals surface area contributed by atoms with Crippen LogP contribution >= 0.6 is 11.6 Å². The number of ether oxygens (including phenoxy) is 2. The molecule has 0 aromatic rings. The molecule has 0 aliphatic carbocycles. The van der Waals surface area contributed by atoms with Crippen molar-refractivity contribution >= 4 is 23.5 Å². The summed E-state index contributed by atoms with van der Waals surface area (Å²) in [4.78, 5) is 24.3. The molecule has 0 radical (unpaired) electrons. The minimum atomic E-state index is -0.569. The van der Waals surface area contributed by atoms with Crippen LogP contribution in [0.25, 0.3) is 0 Å². The van der Waals surface area contributed by atoms with E-state index < -0.39 is 6.10 Å². The first-order chi connectivity index (χ1) is 21.6. The Morgan fingerprint density at radius 1 is 0.523 bits per heavy atom. The van der Waals surface area contributed by atoms with Crippen molar-refractivity contribution in [3.63, 3.8) is 0 Å². The van der Waals surface area contributed by atoms with Crippen molar-refractivity contribution in [1.82, 2.24) is 0 Å². The van der Waals surface area contributed by atoms with Crippen LogP contribution in [0.5, 0.6) is 0 Å². The maximum atomic E-state index is 12.2. The number of halogens is 1. The van der Waals surface area contributed by atoms with Crippen LogP contribution in [0.3, 0.4) is 0 Å². The molecule has 0 saturated heterocycles. The second kappa shape index (κ2) is 35.9. The topological polar surface area (TPSA) is 52.6 Å². The van der Waals surface area contributed by atoms with Gasteiger partial charge < -0.3 is 9.47 Å². The number of allylic oxidation sites excluding steroid dienone is 6. The molecule has 1 atom stereocenters. The minimum Gasteiger partial charge on any atom is -0.462 e. The lowest BCUT2D eigenvalue weighted by Crippen LogP contribution is -2.26. The van der Waals surface area contributed by atoms with E-state index in [0.29, 0.717) is 12.8 Å². The van der Waals surface area contributed by atoms with Gasteiger partial charge in [-0.25, -0.2) is 0 Å². The molecule has 0 aromatic heterocycles. The summed E-state index contributed by atoms with van der Waals surface area (Å²) in [6.07, 6.45) is 42.6. The lowest BCUT2D eigenvalue weighted by Gasteiger charge is -2.15. The highest BCUT2D eigenvalue weighted by Gasteiger charge is 2.16. The van der Waals surface area contributed by atoms with Gasteiger partial charge in [-0.05, 0) is 70.6 Å². The highest BCUT2D eigenvalue weighted by atomic mass is 35.5. The summed E-state index contributed by atoms with van der Waals surface area (Å²) in [5, 5.41) is 0. The number of carbonyl (C=O) groups excluding carboxylic acids is 2. The van der Waals surface area contributed by atoms with Crippen LogP contribution < -0.4 is 0 Å². The van der Waals surface area contributed by atoms with E-state index in [0.717, 1.165) is 57.8 Å². The second-order valence-corrected chi connectivity index (χ2v) is 12.6. The van der Waals surface area contributed by atoms with E-state index in [4.69, 9.17) is 21.1 Å². The van der Waals surface area contributed by atoms with Gasteiger partial charge in [-0.15, -0.1) is 11.6 Å². The van der Waals surface area contributed by atoms with Crippen LogP contribution in [-0.2, 0) is 19.1 Å². The summed E-state index contributed by atoms with van der Waals surface area (Å²) in [7, 11) is 0. The highest BCUT2D eigenvalue weighted by Crippen LogP contribution is 2.12. The van der Waals surface area contributed by atoms with E-state index in [1.807, 2.05) is 0 Å². The van der Waals surface area contributed by atoms with Gasteiger partial charge in [-0.3, -0.25) is 9.59 Å². The normalized spacial score (nSPS) is 12.5. The van der Waals surface area contributed by atoms with E-state index in [2.05, 4.69) is 50.3 Å². The molecule has 0 heterocycles. The maximum absolute atomic E-state index is 12.2. The summed E-state index contributed by atoms with van der Waals surface area (Å²) in [6.45, 7) is 4.54. The SMILES string of the molecule is CCCCC/C=C\C/C=C\CCCCCCCC(=O)O[C@H](CCl)COC(=O)CCCCCCC/C=C\CCCCCCCC. The van der Waals surface area contributed by atoms with Gasteiger partial charge >= 0.3 is 11.9 Å². The Bertz CT molecular complexity index is 715. The maximum Gasteiger partial charge on any atom is 0.306 e. The molecule has 0 amide bonds. The smallest absolute Gasteiger partial charge is 0.306 e. The molecule has 0 aliphatic rings. The number of carbonyl (C=O) groups is 2. The molecule has 0 N–H and O–H groups in total. The van der Waals surface area contributed by atoms with E-state index >= 15 is 0 Å². The molecule has 256 valence electrons. The molecule has 4 nitrogen and oxygen atoms in total. The predicted octanol–water partition coefficient (Wildman–Crippen LogP) is 12.5. The third-order valence-corrected chi connectivity index (χ3v) is 8.22. The van der Waals surface area contributed by atoms with Crippen molar-refractivity contribution in [1.29, 1.82) is 0 Å². The third kappa shape index (κ3) is 33.3. The fraction of sp³-hybridized carbons (Fsp3) is 0.795.